The zero-order valence-electron chi connectivity index (χ0n) is 7.03. The van der Waals surface area contributed by atoms with Crippen LogP contribution in [-0.2, 0) is 11.3 Å². The predicted octanol–water partition coefficient (Wildman–Crippen LogP) is 0.757. The van der Waals surface area contributed by atoms with Crippen LogP contribution in [0.1, 0.15) is 12.1 Å². The summed E-state index contributed by atoms with van der Waals surface area (Å²) in [6.45, 7) is 2.50. The van der Waals surface area contributed by atoms with Crippen LogP contribution in [0.25, 0.3) is 0 Å². The number of aryl methyl sites for hydroxylation is 2. The number of carbonyl (C=O) groups is 1. The number of aromatic nitrogens is 1. The number of nitrogens with zero attached hydrogens (tertiary/aromatic N) is 1. The Bertz CT molecular complexity index is 284. The zero-order chi connectivity index (χ0) is 8.97. The van der Waals surface area contributed by atoms with Crippen LogP contribution in [0.15, 0.2) is 24.4 Å². The van der Waals surface area contributed by atoms with Gasteiger partial charge in [-0.05, 0) is 0 Å². The molecule has 0 bridgehead atoms. The minimum absolute atomic E-state index is 0.176. The summed E-state index contributed by atoms with van der Waals surface area (Å²) >= 11 is 0. The minimum Gasteiger partial charge on any atom is -0.481 e. The van der Waals surface area contributed by atoms with E-state index in [2.05, 4.69) is 0 Å². The van der Waals surface area contributed by atoms with Gasteiger partial charge >= 0.3 is 5.97 Å². The lowest BCUT2D eigenvalue weighted by atomic mass is 10.3. The topological polar surface area (TPSA) is 41.2 Å². The van der Waals surface area contributed by atoms with Crippen LogP contribution in [0, 0.1) is 6.92 Å². The molecule has 3 nitrogen and oxygen atoms in total. The molecule has 64 valence electrons. The third-order valence-corrected chi connectivity index (χ3v) is 1.73. The van der Waals surface area contributed by atoms with E-state index in [0.29, 0.717) is 6.54 Å². The molecule has 1 aromatic rings. The fourth-order valence-electron chi connectivity index (χ4n) is 1.03. The average molecular weight is 166 g/mol. The van der Waals surface area contributed by atoms with E-state index in [0.717, 1.165) is 5.69 Å². The summed E-state index contributed by atoms with van der Waals surface area (Å²) in [5.74, 6) is -0.759. The Morgan fingerprint density at radius 2 is 2.33 bits per heavy atom. The number of aliphatic carboxylic acids is 1. The Kier molecular flexibility index (Phi) is 2.80. The first-order valence-corrected chi connectivity index (χ1v) is 3.87. The van der Waals surface area contributed by atoms with Crippen LogP contribution in [0.4, 0.5) is 0 Å². The Hall–Kier alpha value is -1.38. The van der Waals surface area contributed by atoms with Crippen LogP contribution in [0.2, 0.25) is 0 Å². The average Bonchev–Trinajstić information content (AvgIpc) is 2.03. The highest BCUT2D eigenvalue weighted by Crippen LogP contribution is 1.88. The molecule has 0 amide bonds. The maximum Gasteiger partial charge on any atom is 0.309 e. The second-order valence-corrected chi connectivity index (χ2v) is 2.68. The highest BCUT2D eigenvalue weighted by molar-refractivity contribution is 5.66. The third-order valence-electron chi connectivity index (χ3n) is 1.73. The van der Waals surface area contributed by atoms with Gasteiger partial charge in [-0.2, -0.15) is 0 Å². The summed E-state index contributed by atoms with van der Waals surface area (Å²) in [5, 5.41) is 8.45. The van der Waals surface area contributed by atoms with Gasteiger partial charge in [0.2, 0.25) is 0 Å². The van der Waals surface area contributed by atoms with Crippen LogP contribution in [0.5, 0.6) is 0 Å². The molecule has 0 atom stereocenters. The van der Waals surface area contributed by atoms with Crippen molar-refractivity contribution in [2.45, 2.75) is 19.9 Å². The van der Waals surface area contributed by atoms with Gasteiger partial charge in [0.15, 0.2) is 18.4 Å². The van der Waals surface area contributed by atoms with Gasteiger partial charge in [-0.15, -0.1) is 0 Å². The van der Waals surface area contributed by atoms with E-state index in [1.807, 2.05) is 35.9 Å². The van der Waals surface area contributed by atoms with Crippen molar-refractivity contribution in [3.05, 3.63) is 30.1 Å². The lowest BCUT2D eigenvalue weighted by Gasteiger charge is -1.96. The standard InChI is InChI=1S/C9H11NO2/c1-8-4-2-3-6-10(8)7-5-9(11)12/h2-4,6H,5,7H2,1H3/p+1. The van der Waals surface area contributed by atoms with Gasteiger partial charge in [-0.1, -0.05) is 6.07 Å². The molecule has 1 rings (SSSR count). The third kappa shape index (κ3) is 2.34. The highest BCUT2D eigenvalue weighted by Gasteiger charge is 2.06. The fraction of sp³-hybridized carbons (Fsp3) is 0.333. The van der Waals surface area contributed by atoms with Gasteiger partial charge in [0.05, 0.1) is 0 Å². The summed E-state index contributed by atoms with van der Waals surface area (Å²) in [6.07, 6.45) is 2.06. The lowest BCUT2D eigenvalue weighted by Crippen LogP contribution is -2.37. The van der Waals surface area contributed by atoms with E-state index in [-0.39, 0.29) is 6.42 Å². The molecule has 0 aliphatic heterocycles. The molecule has 0 saturated heterocycles. The zero-order valence-corrected chi connectivity index (χ0v) is 7.03. The Labute approximate surface area is 71.3 Å². The molecule has 1 N–H and O–H groups in total. The largest absolute Gasteiger partial charge is 0.481 e. The number of carboxylic acids is 1. The molecule has 3 heteroatoms. The SMILES string of the molecule is Cc1cccc[n+]1CCC(=O)O. The molecule has 0 aliphatic rings. The Morgan fingerprint density at radius 3 is 2.92 bits per heavy atom. The molecule has 0 unspecified atom stereocenters. The summed E-state index contributed by atoms with van der Waals surface area (Å²) in [6, 6.07) is 5.79. The number of pyridine rings is 1. The predicted molar refractivity (Wildman–Crippen MR) is 43.6 cm³/mol. The summed E-state index contributed by atoms with van der Waals surface area (Å²) in [5.41, 5.74) is 1.08. The maximum absolute atomic E-state index is 10.3. The molecule has 1 heterocycles. The Morgan fingerprint density at radius 1 is 1.58 bits per heavy atom. The number of carboxylic acid groups (broad SMARTS) is 1. The van der Waals surface area contributed by atoms with Gasteiger partial charge in [0.1, 0.15) is 6.42 Å². The first kappa shape index (κ1) is 8.71. The smallest absolute Gasteiger partial charge is 0.309 e. The lowest BCUT2D eigenvalue weighted by molar-refractivity contribution is -0.701. The fourth-order valence-corrected chi connectivity index (χ4v) is 1.03. The molecule has 0 fully saturated rings. The number of hydrogen-bond acceptors (Lipinski definition) is 1. The van der Waals surface area contributed by atoms with Crippen LogP contribution < -0.4 is 4.57 Å². The summed E-state index contributed by atoms with van der Waals surface area (Å²) < 4.78 is 1.92. The van der Waals surface area contributed by atoms with E-state index in [1.165, 1.54) is 0 Å². The van der Waals surface area contributed by atoms with Crippen LogP contribution in [-0.4, -0.2) is 11.1 Å². The molecular weight excluding hydrogens is 154 g/mol. The van der Waals surface area contributed by atoms with E-state index in [1.54, 1.807) is 0 Å². The van der Waals surface area contributed by atoms with Crippen molar-refractivity contribution >= 4 is 5.97 Å². The monoisotopic (exact) mass is 166 g/mol. The normalized spacial score (nSPS) is 9.75. The van der Waals surface area contributed by atoms with E-state index in [4.69, 9.17) is 5.11 Å². The molecular formula is C9H12NO2+. The van der Waals surface area contributed by atoms with Gasteiger partial charge < -0.3 is 5.11 Å². The molecule has 0 radical (unpaired) electrons. The van der Waals surface area contributed by atoms with E-state index in [9.17, 15) is 4.79 Å². The summed E-state index contributed by atoms with van der Waals surface area (Å²) in [4.78, 5) is 10.3. The van der Waals surface area contributed by atoms with Gasteiger partial charge in [-0.25, -0.2) is 4.57 Å². The molecule has 1 aromatic heterocycles. The number of hydrogen-bond donors (Lipinski definition) is 1. The summed E-state index contributed by atoms with van der Waals surface area (Å²) in [7, 11) is 0. The van der Waals surface area contributed by atoms with E-state index < -0.39 is 5.97 Å². The van der Waals surface area contributed by atoms with Crippen molar-refractivity contribution in [2.75, 3.05) is 0 Å². The van der Waals surface area contributed by atoms with Gasteiger partial charge in [-0.3, -0.25) is 4.79 Å². The molecule has 0 saturated carbocycles. The van der Waals surface area contributed by atoms with Gasteiger partial charge in [0.25, 0.3) is 0 Å². The first-order valence-electron chi connectivity index (χ1n) is 3.87. The minimum atomic E-state index is -0.759. The quantitative estimate of drug-likeness (QED) is 0.673. The van der Waals surface area contributed by atoms with Crippen LogP contribution >= 0.6 is 0 Å². The molecule has 0 aromatic carbocycles. The second-order valence-electron chi connectivity index (χ2n) is 2.68. The second kappa shape index (κ2) is 3.85. The van der Waals surface area contributed by atoms with Crippen molar-refractivity contribution in [2.24, 2.45) is 0 Å². The highest BCUT2D eigenvalue weighted by atomic mass is 16.4. The van der Waals surface area contributed by atoms with Crippen molar-refractivity contribution in [1.29, 1.82) is 0 Å². The molecule has 12 heavy (non-hydrogen) atoms. The maximum atomic E-state index is 10.3. The van der Waals surface area contributed by atoms with Crippen molar-refractivity contribution in [3.8, 4) is 0 Å². The van der Waals surface area contributed by atoms with Crippen molar-refractivity contribution in [3.63, 3.8) is 0 Å². The Balaban J connectivity index is 2.63. The number of rotatable bonds is 3. The molecule has 0 spiro atoms. The van der Waals surface area contributed by atoms with Crippen molar-refractivity contribution in [1.82, 2.24) is 0 Å². The molecule has 0 aliphatic carbocycles. The first-order chi connectivity index (χ1) is 5.70. The van der Waals surface area contributed by atoms with E-state index >= 15 is 0 Å². The van der Waals surface area contributed by atoms with Gasteiger partial charge in [0, 0.05) is 19.1 Å². The van der Waals surface area contributed by atoms with Crippen molar-refractivity contribution < 1.29 is 14.5 Å². The van der Waals surface area contributed by atoms with Crippen LogP contribution in [0.3, 0.4) is 0 Å².